The van der Waals surface area contributed by atoms with Crippen LogP contribution in [0.4, 0.5) is 5.95 Å². The highest BCUT2D eigenvalue weighted by atomic mass is 16.7. The van der Waals surface area contributed by atoms with Gasteiger partial charge in [0.25, 0.3) is 0 Å². The van der Waals surface area contributed by atoms with E-state index in [4.69, 9.17) is 4.84 Å². The van der Waals surface area contributed by atoms with Gasteiger partial charge in [-0.05, 0) is 52.9 Å². The number of unbranched alkanes of at least 4 members (excludes halogenated alkanes) is 1. The van der Waals surface area contributed by atoms with Crippen molar-refractivity contribution in [2.75, 3.05) is 19.0 Å². The van der Waals surface area contributed by atoms with Gasteiger partial charge in [0.2, 0.25) is 5.95 Å². The Morgan fingerprint density at radius 1 is 1.13 bits per heavy atom. The Morgan fingerprint density at radius 2 is 1.74 bits per heavy atom. The van der Waals surface area contributed by atoms with E-state index in [2.05, 4.69) is 53.0 Å². The van der Waals surface area contributed by atoms with Crippen molar-refractivity contribution in [2.45, 2.75) is 70.9 Å². The van der Waals surface area contributed by atoms with E-state index in [1.165, 1.54) is 38.3 Å². The minimum atomic E-state index is 0.0876. The summed E-state index contributed by atoms with van der Waals surface area (Å²) >= 11 is 0. The fourth-order valence-corrected chi connectivity index (χ4v) is 4.26. The molecule has 0 bridgehead atoms. The summed E-state index contributed by atoms with van der Waals surface area (Å²) in [5.41, 5.74) is 0.175. The number of hydroxylamine groups is 2. The van der Waals surface area contributed by atoms with Crippen LogP contribution in [0.15, 0.2) is 12.7 Å². The van der Waals surface area contributed by atoms with Crippen molar-refractivity contribution in [2.24, 2.45) is 5.92 Å². The number of aromatic nitrogens is 3. The third kappa shape index (κ3) is 4.85. The van der Waals surface area contributed by atoms with Crippen molar-refractivity contribution in [1.29, 1.82) is 0 Å². The first-order valence-electron chi connectivity index (χ1n) is 8.55. The molecule has 1 aromatic heterocycles. The van der Waals surface area contributed by atoms with E-state index >= 15 is 0 Å². The molecule has 0 saturated carbocycles. The van der Waals surface area contributed by atoms with Crippen LogP contribution in [0.1, 0.15) is 59.8 Å². The second kappa shape index (κ2) is 7.53. The molecule has 1 saturated heterocycles. The average molecular weight is 321 g/mol. The van der Waals surface area contributed by atoms with Crippen LogP contribution in [0.2, 0.25) is 0 Å². The van der Waals surface area contributed by atoms with Gasteiger partial charge in [-0.15, -0.1) is 0 Å². The molecule has 6 heteroatoms. The van der Waals surface area contributed by atoms with Crippen LogP contribution in [-0.4, -0.2) is 44.7 Å². The van der Waals surface area contributed by atoms with Crippen LogP contribution in [0.5, 0.6) is 0 Å². The van der Waals surface area contributed by atoms with Gasteiger partial charge < -0.3 is 10.2 Å². The predicted octanol–water partition coefficient (Wildman–Crippen LogP) is 3.28. The van der Waals surface area contributed by atoms with Gasteiger partial charge in [-0.2, -0.15) is 5.06 Å². The number of nitrogens with one attached hydrogen (secondary N) is 1. The quantitative estimate of drug-likeness (QED) is 0.778. The Balaban J connectivity index is 1.74. The smallest absolute Gasteiger partial charge is 0.225 e. The molecule has 1 fully saturated rings. The van der Waals surface area contributed by atoms with E-state index in [1.807, 2.05) is 0 Å². The molecule has 130 valence electrons. The molecule has 1 N–H and O–H groups in total. The molecule has 6 nitrogen and oxygen atoms in total. The van der Waals surface area contributed by atoms with Gasteiger partial charge in [-0.3, -0.25) is 0 Å². The molecule has 0 spiro atoms. The van der Waals surface area contributed by atoms with E-state index < -0.39 is 0 Å². The van der Waals surface area contributed by atoms with E-state index in [1.54, 1.807) is 7.11 Å². The number of rotatable bonds is 7. The lowest BCUT2D eigenvalue weighted by molar-refractivity contribution is -0.272. The van der Waals surface area contributed by atoms with Crippen molar-refractivity contribution < 1.29 is 4.84 Å². The fourth-order valence-electron chi connectivity index (χ4n) is 4.26. The van der Waals surface area contributed by atoms with Gasteiger partial charge in [0, 0.05) is 17.6 Å². The highest BCUT2D eigenvalue weighted by molar-refractivity contribution is 5.19. The summed E-state index contributed by atoms with van der Waals surface area (Å²) in [7, 11) is 1.79. The van der Waals surface area contributed by atoms with Crippen molar-refractivity contribution >= 4 is 5.95 Å². The average Bonchev–Trinajstić information content (AvgIpc) is 2.46. The molecular formula is C17H31N5O. The van der Waals surface area contributed by atoms with Gasteiger partial charge in [0.1, 0.15) is 12.7 Å². The summed E-state index contributed by atoms with van der Waals surface area (Å²) in [5.74, 6) is 1.42. The molecule has 0 aromatic carbocycles. The lowest BCUT2D eigenvalue weighted by Crippen LogP contribution is -2.59. The van der Waals surface area contributed by atoms with Crippen molar-refractivity contribution in [3.8, 4) is 0 Å². The third-order valence-corrected chi connectivity index (χ3v) is 4.67. The maximum Gasteiger partial charge on any atom is 0.225 e. The van der Waals surface area contributed by atoms with E-state index in [9.17, 15) is 0 Å². The van der Waals surface area contributed by atoms with Gasteiger partial charge in [-0.25, -0.2) is 15.0 Å². The molecule has 23 heavy (non-hydrogen) atoms. The summed E-state index contributed by atoms with van der Waals surface area (Å²) in [6.07, 6.45) is 9.03. The van der Waals surface area contributed by atoms with Crippen molar-refractivity contribution in [3.05, 3.63) is 12.7 Å². The molecular weight excluding hydrogens is 290 g/mol. The van der Waals surface area contributed by atoms with Crippen LogP contribution in [-0.2, 0) is 4.84 Å². The van der Waals surface area contributed by atoms with Gasteiger partial charge in [0.15, 0.2) is 0 Å². The van der Waals surface area contributed by atoms with Gasteiger partial charge in [0.05, 0.1) is 7.11 Å². The first kappa shape index (κ1) is 18.1. The summed E-state index contributed by atoms with van der Waals surface area (Å²) in [6.45, 7) is 10.0. The monoisotopic (exact) mass is 321 g/mol. The van der Waals surface area contributed by atoms with Crippen LogP contribution in [0.3, 0.4) is 0 Å². The van der Waals surface area contributed by atoms with Crippen molar-refractivity contribution in [3.63, 3.8) is 0 Å². The number of nitrogens with zero attached hydrogens (tertiary/aromatic N) is 4. The maximum atomic E-state index is 5.67. The number of anilines is 1. The number of hydrogen-bond donors (Lipinski definition) is 1. The zero-order chi connectivity index (χ0) is 16.9. The lowest BCUT2D eigenvalue weighted by Gasteiger charge is -2.53. The molecule has 0 aliphatic carbocycles. The largest absolute Gasteiger partial charge is 0.354 e. The normalized spacial score (nSPS) is 21.3. The summed E-state index contributed by atoms with van der Waals surface area (Å²) in [4.78, 5) is 17.6. The van der Waals surface area contributed by atoms with Crippen molar-refractivity contribution in [1.82, 2.24) is 20.0 Å². The van der Waals surface area contributed by atoms with Gasteiger partial charge in [-0.1, -0.05) is 12.8 Å². The van der Waals surface area contributed by atoms with E-state index in [0.717, 1.165) is 18.9 Å². The van der Waals surface area contributed by atoms with Crippen LogP contribution >= 0.6 is 0 Å². The van der Waals surface area contributed by atoms with E-state index in [0.29, 0.717) is 5.95 Å². The van der Waals surface area contributed by atoms with Crippen LogP contribution in [0.25, 0.3) is 0 Å². The molecule has 2 heterocycles. The molecule has 0 amide bonds. The van der Waals surface area contributed by atoms with Gasteiger partial charge >= 0.3 is 0 Å². The third-order valence-electron chi connectivity index (χ3n) is 4.67. The summed E-state index contributed by atoms with van der Waals surface area (Å²) < 4.78 is 0. The Labute approximate surface area is 140 Å². The Hall–Kier alpha value is -1.27. The highest BCUT2D eigenvalue weighted by Crippen LogP contribution is 2.42. The zero-order valence-corrected chi connectivity index (χ0v) is 15.2. The first-order chi connectivity index (χ1) is 10.8. The molecule has 2 rings (SSSR count). The second-order valence-corrected chi connectivity index (χ2v) is 7.76. The number of piperidine rings is 1. The predicted molar refractivity (Wildman–Crippen MR) is 91.9 cm³/mol. The molecule has 0 radical (unpaired) electrons. The zero-order valence-electron chi connectivity index (χ0n) is 15.2. The molecule has 0 atom stereocenters. The van der Waals surface area contributed by atoms with E-state index in [-0.39, 0.29) is 11.1 Å². The molecule has 1 aromatic rings. The SMILES string of the molecule is CON1C(C)(C)CC(CCCCNc2ncncn2)CC1(C)C. The molecule has 0 unspecified atom stereocenters. The Bertz CT molecular complexity index is 459. The standard InChI is InChI=1S/C17H31N5O/c1-16(2)10-14(11-17(3,4)22(16)23-5)8-6-7-9-19-15-20-12-18-13-21-15/h12-14H,6-11H2,1-5H3,(H,18,19,20,21). The topological polar surface area (TPSA) is 63.2 Å². The molecule has 1 aliphatic heterocycles. The fraction of sp³-hybridized carbons (Fsp3) is 0.824. The summed E-state index contributed by atoms with van der Waals surface area (Å²) in [5, 5.41) is 5.42. The van der Waals surface area contributed by atoms with Crippen LogP contribution in [0, 0.1) is 5.92 Å². The summed E-state index contributed by atoms with van der Waals surface area (Å²) in [6, 6.07) is 0. The second-order valence-electron chi connectivity index (χ2n) is 7.76. The minimum Gasteiger partial charge on any atom is -0.354 e. The first-order valence-corrected chi connectivity index (χ1v) is 8.55. The Morgan fingerprint density at radius 3 is 2.30 bits per heavy atom. The Kier molecular flexibility index (Phi) is 5.92. The maximum absolute atomic E-state index is 5.67. The number of hydrogen-bond acceptors (Lipinski definition) is 6. The van der Waals surface area contributed by atoms with Crippen LogP contribution < -0.4 is 5.32 Å². The molecule has 1 aliphatic rings. The lowest BCUT2D eigenvalue weighted by atomic mass is 9.73. The highest BCUT2D eigenvalue weighted by Gasteiger charge is 2.45. The minimum absolute atomic E-state index is 0.0876.